The number of benzene rings is 3. The summed E-state index contributed by atoms with van der Waals surface area (Å²) in [7, 11) is -4.10. The van der Waals surface area contributed by atoms with Crippen molar-refractivity contribution in [2.45, 2.75) is 34.3 Å². The van der Waals surface area contributed by atoms with Gasteiger partial charge in [0.1, 0.15) is 17.2 Å². The summed E-state index contributed by atoms with van der Waals surface area (Å²) in [4.78, 5) is 54.1. The third-order valence-corrected chi connectivity index (χ3v) is 11.7. The number of rotatable bonds is 8. The molecule has 1 aliphatic carbocycles. The van der Waals surface area contributed by atoms with Crippen LogP contribution in [0.15, 0.2) is 77.7 Å². The van der Waals surface area contributed by atoms with E-state index in [4.69, 9.17) is 15.8 Å². The van der Waals surface area contributed by atoms with Crippen LogP contribution in [0.1, 0.15) is 39.1 Å². The first-order valence-electron chi connectivity index (χ1n) is 13.2. The van der Waals surface area contributed by atoms with E-state index in [-0.39, 0.29) is 31.4 Å². The molecule has 0 aromatic heterocycles. The lowest BCUT2D eigenvalue weighted by Gasteiger charge is -2.30. The number of hydrazine groups is 1. The van der Waals surface area contributed by atoms with Crippen molar-refractivity contribution in [2.24, 2.45) is 11.8 Å². The summed E-state index contributed by atoms with van der Waals surface area (Å²) in [5.74, 6) is -3.67. The molecule has 3 aromatic rings. The molecule has 4 atom stereocenters. The first-order valence-corrected chi connectivity index (χ1v) is 16.8. The van der Waals surface area contributed by atoms with E-state index >= 15 is 0 Å². The van der Waals surface area contributed by atoms with Crippen molar-refractivity contribution >= 4 is 77.1 Å². The number of nitrogens with zero attached hydrogens (tertiary/aromatic N) is 2. The fourth-order valence-corrected chi connectivity index (χ4v) is 7.39. The summed E-state index contributed by atoms with van der Waals surface area (Å²) in [6.07, 6.45) is 0.789. The molecule has 2 fully saturated rings. The summed E-state index contributed by atoms with van der Waals surface area (Å²) in [6.45, 7) is 1.21. The highest BCUT2D eigenvalue weighted by atomic mass is 79.9. The van der Waals surface area contributed by atoms with Gasteiger partial charge in [0.25, 0.3) is 17.7 Å². The van der Waals surface area contributed by atoms with Crippen molar-refractivity contribution in [3.8, 4) is 5.75 Å². The predicted molar refractivity (Wildman–Crippen MR) is 166 cm³/mol. The topological polar surface area (TPSA) is 118 Å². The summed E-state index contributed by atoms with van der Waals surface area (Å²) in [5.41, 5.74) is 1.14. The molecule has 13 heteroatoms. The molecular formula is C30H25Br2ClN2O7S. The lowest BCUT2D eigenvalue weighted by Crippen LogP contribution is -2.52. The second-order valence-corrected chi connectivity index (χ2v) is 14.7. The van der Waals surface area contributed by atoms with Crippen LogP contribution in [0, 0.1) is 18.8 Å². The molecule has 0 spiro atoms. The zero-order valence-electron chi connectivity index (χ0n) is 22.7. The van der Waals surface area contributed by atoms with Gasteiger partial charge in [-0.05, 0) is 80.4 Å². The van der Waals surface area contributed by atoms with Gasteiger partial charge in [0.2, 0.25) is 0 Å². The Morgan fingerprint density at radius 3 is 1.91 bits per heavy atom. The van der Waals surface area contributed by atoms with Crippen molar-refractivity contribution in [1.82, 2.24) is 10.0 Å². The number of hydrogen-bond donors (Lipinski definition) is 0. The van der Waals surface area contributed by atoms with Crippen molar-refractivity contribution < 1.29 is 31.8 Å². The van der Waals surface area contributed by atoms with Crippen LogP contribution in [-0.2, 0) is 19.7 Å². The minimum atomic E-state index is -4.10. The van der Waals surface area contributed by atoms with Crippen LogP contribution in [0.5, 0.6) is 5.75 Å². The number of Topliss-reactive ketones (excluding diaryl/α,β-unsaturated/α-hetero) is 1. The zero-order chi connectivity index (χ0) is 31.1. The molecule has 3 amide bonds. The van der Waals surface area contributed by atoms with Crippen molar-refractivity contribution in [3.63, 3.8) is 0 Å². The fraction of sp³-hybridized carbons (Fsp3) is 0.267. The Hall–Kier alpha value is -3.06. The third kappa shape index (κ3) is 6.57. The largest absolute Gasteiger partial charge is 0.379 e. The van der Waals surface area contributed by atoms with E-state index in [1.165, 1.54) is 60.7 Å². The number of alkyl halides is 2. The second-order valence-electron chi connectivity index (χ2n) is 10.4. The highest BCUT2D eigenvalue weighted by Gasteiger charge is 2.54. The highest BCUT2D eigenvalue weighted by Crippen LogP contribution is 2.43. The van der Waals surface area contributed by atoms with Gasteiger partial charge in [-0.25, -0.2) is 5.01 Å². The molecule has 9 nitrogen and oxygen atoms in total. The monoisotopic (exact) mass is 750 g/mol. The minimum absolute atomic E-state index is 0.0196. The number of halogens is 3. The minimum Gasteiger partial charge on any atom is -0.379 e. The molecule has 0 N–H and O–H groups in total. The quantitative estimate of drug-likeness (QED) is 0.128. The Labute approximate surface area is 270 Å². The van der Waals surface area contributed by atoms with Crippen LogP contribution in [-0.4, -0.2) is 58.1 Å². The molecule has 0 unspecified atom stereocenters. The third-order valence-electron chi connectivity index (χ3n) is 7.44. The number of fused-ring (bicyclic) bond motifs is 1. The molecule has 0 radical (unpaired) electrons. The van der Waals surface area contributed by atoms with Gasteiger partial charge < -0.3 is 4.18 Å². The normalized spacial score (nSPS) is 21.8. The first-order chi connectivity index (χ1) is 20.4. The molecule has 0 bridgehead atoms. The van der Waals surface area contributed by atoms with Crippen molar-refractivity contribution in [3.05, 3.63) is 94.5 Å². The summed E-state index contributed by atoms with van der Waals surface area (Å²) in [6, 6.07) is 17.4. The molecule has 1 saturated heterocycles. The van der Waals surface area contributed by atoms with Crippen LogP contribution in [0.4, 0.5) is 0 Å². The van der Waals surface area contributed by atoms with E-state index in [0.29, 0.717) is 17.9 Å². The van der Waals surface area contributed by atoms with Crippen molar-refractivity contribution in [1.29, 1.82) is 0 Å². The average Bonchev–Trinajstić information content (AvgIpc) is 3.20. The van der Waals surface area contributed by atoms with Gasteiger partial charge in [0.05, 0.1) is 11.8 Å². The van der Waals surface area contributed by atoms with Crippen molar-refractivity contribution in [2.75, 3.05) is 6.54 Å². The molecule has 1 aliphatic heterocycles. The van der Waals surface area contributed by atoms with E-state index in [1.54, 1.807) is 12.1 Å². The summed E-state index contributed by atoms with van der Waals surface area (Å²) >= 11 is 13.1. The van der Waals surface area contributed by atoms with E-state index in [9.17, 15) is 27.6 Å². The maximum absolute atomic E-state index is 13.7. The average molecular weight is 753 g/mol. The maximum atomic E-state index is 13.7. The van der Waals surface area contributed by atoms with Crippen LogP contribution in [0.25, 0.3) is 0 Å². The Kier molecular flexibility index (Phi) is 9.12. The van der Waals surface area contributed by atoms with E-state index in [0.717, 1.165) is 15.6 Å². The molecule has 1 saturated carbocycles. The molecule has 1 heterocycles. The van der Waals surface area contributed by atoms with Crippen LogP contribution < -0.4 is 4.18 Å². The lowest BCUT2D eigenvalue weighted by atomic mass is 9.81. The summed E-state index contributed by atoms with van der Waals surface area (Å²) in [5, 5.41) is 2.07. The highest BCUT2D eigenvalue weighted by molar-refractivity contribution is 9.12. The number of hydrogen-bond acceptors (Lipinski definition) is 7. The van der Waals surface area contributed by atoms with Crippen LogP contribution in [0.3, 0.4) is 0 Å². The Bertz CT molecular complexity index is 1650. The Balaban J connectivity index is 1.39. The number of carbonyl (C=O) groups excluding carboxylic acids is 4. The molecule has 43 heavy (non-hydrogen) atoms. The first kappa shape index (κ1) is 31.4. The molecule has 3 aromatic carbocycles. The number of carbonyl (C=O) groups is 4. The zero-order valence-corrected chi connectivity index (χ0v) is 27.4. The molecule has 5 rings (SSSR count). The molecule has 2 aliphatic rings. The van der Waals surface area contributed by atoms with Gasteiger partial charge in [0, 0.05) is 25.8 Å². The number of ketones is 1. The van der Waals surface area contributed by atoms with Gasteiger partial charge in [0.15, 0.2) is 5.78 Å². The lowest BCUT2D eigenvalue weighted by molar-refractivity contribution is -0.154. The van der Waals surface area contributed by atoms with E-state index in [1.807, 2.05) is 6.92 Å². The Morgan fingerprint density at radius 1 is 0.860 bits per heavy atom. The smallest absolute Gasteiger partial charge is 0.339 e. The predicted octanol–water partition coefficient (Wildman–Crippen LogP) is 5.58. The van der Waals surface area contributed by atoms with Gasteiger partial charge in [-0.3, -0.25) is 19.2 Å². The van der Waals surface area contributed by atoms with E-state index < -0.39 is 52.0 Å². The van der Waals surface area contributed by atoms with Gasteiger partial charge in [-0.2, -0.15) is 13.4 Å². The van der Waals surface area contributed by atoms with E-state index in [2.05, 4.69) is 31.9 Å². The van der Waals surface area contributed by atoms with Gasteiger partial charge >= 0.3 is 10.1 Å². The SMILES string of the molecule is Cc1ccc(S(=O)(=O)Oc2ccc(C(=O)CN(C(=O)c3ccc(Cl)cc3)N3C(=O)[C@H]4C[C@@H](Br)[C@@H](Br)C[C@H]4C3=O)cc2)cc1. The molecular weight excluding hydrogens is 728 g/mol. The Morgan fingerprint density at radius 2 is 1.37 bits per heavy atom. The van der Waals surface area contributed by atoms with Crippen LogP contribution >= 0.6 is 43.5 Å². The van der Waals surface area contributed by atoms with Gasteiger partial charge in [-0.1, -0.05) is 61.2 Å². The molecule has 224 valence electrons. The standard InChI is InChI=1S/C30H25Br2ClN2O7S/c1-17-2-12-22(13-3-17)43(40,41)42-21-10-6-18(7-11-21)27(36)16-34(28(37)19-4-8-20(33)9-5-19)35-29(38)23-14-25(31)26(32)15-24(23)30(35)39/h2-13,23-26H,14-16H2,1H3/t23-,24+,25+,26-. The fourth-order valence-electron chi connectivity index (χ4n) is 5.09. The maximum Gasteiger partial charge on any atom is 0.339 e. The number of aryl methyl sites for hydroxylation is 1. The summed E-state index contributed by atoms with van der Waals surface area (Å²) < 4.78 is 30.5. The van der Waals surface area contributed by atoms with Gasteiger partial charge in [-0.15, -0.1) is 0 Å². The second kappa shape index (κ2) is 12.5. The van der Waals surface area contributed by atoms with Crippen LogP contribution in [0.2, 0.25) is 5.02 Å². The number of imide groups is 1. The number of amides is 3.